The molecule has 0 radical (unpaired) electrons. The van der Waals surface area contributed by atoms with Gasteiger partial charge in [-0.2, -0.15) is 0 Å². The fraction of sp³-hybridized carbons (Fsp3) is 0.214. The van der Waals surface area contributed by atoms with Crippen molar-refractivity contribution in [2.24, 2.45) is 0 Å². The Morgan fingerprint density at radius 1 is 1.32 bits per heavy atom. The maximum absolute atomic E-state index is 11.9. The quantitative estimate of drug-likeness (QED) is 0.870. The van der Waals surface area contributed by atoms with Gasteiger partial charge in [-0.05, 0) is 42.8 Å². The highest BCUT2D eigenvalue weighted by Gasteiger charge is 2.29. The molecule has 1 aromatic carbocycles. The van der Waals surface area contributed by atoms with Gasteiger partial charge in [0.15, 0.2) is 6.10 Å². The van der Waals surface area contributed by atoms with Crippen molar-refractivity contribution in [2.75, 3.05) is 17.7 Å². The Morgan fingerprint density at radius 3 is 2.79 bits per heavy atom. The highest BCUT2D eigenvalue weighted by atomic mass is 32.1. The average Bonchev–Trinajstić information content (AvgIpc) is 2.83. The largest absolute Gasteiger partial charge is 0.479 e. The molecule has 1 amide bonds. The molecule has 2 heterocycles. The van der Waals surface area contributed by atoms with Gasteiger partial charge in [0.2, 0.25) is 0 Å². The minimum Gasteiger partial charge on any atom is -0.479 e. The SMILES string of the molecule is CC1Oc2ccc(-c3ccc(N)s3)cc2N(C)C1=O. The molecule has 0 spiro atoms. The van der Waals surface area contributed by atoms with Crippen LogP contribution in [0, 0.1) is 0 Å². The molecule has 0 fully saturated rings. The fourth-order valence-electron chi connectivity index (χ4n) is 2.17. The summed E-state index contributed by atoms with van der Waals surface area (Å²) < 4.78 is 5.60. The Balaban J connectivity index is 2.07. The number of amides is 1. The molecule has 2 aromatic rings. The normalized spacial score (nSPS) is 18.1. The zero-order valence-corrected chi connectivity index (χ0v) is 11.5. The van der Waals surface area contributed by atoms with Gasteiger partial charge in [-0.1, -0.05) is 0 Å². The maximum atomic E-state index is 11.9. The third-order valence-corrected chi connectivity index (χ3v) is 4.18. The predicted molar refractivity (Wildman–Crippen MR) is 77.7 cm³/mol. The van der Waals surface area contributed by atoms with Crippen LogP contribution < -0.4 is 15.4 Å². The number of likely N-dealkylation sites (N-methyl/N-ethyl adjacent to an activating group) is 1. The number of nitrogen functional groups attached to an aromatic ring is 1. The summed E-state index contributed by atoms with van der Waals surface area (Å²) in [5, 5.41) is 0.780. The van der Waals surface area contributed by atoms with Gasteiger partial charge < -0.3 is 15.4 Å². The second-order valence-electron chi connectivity index (χ2n) is 4.54. The lowest BCUT2D eigenvalue weighted by atomic mass is 10.1. The number of fused-ring (bicyclic) bond motifs is 1. The smallest absolute Gasteiger partial charge is 0.267 e. The second kappa shape index (κ2) is 4.28. The average molecular weight is 274 g/mol. The van der Waals surface area contributed by atoms with Crippen molar-refractivity contribution in [3.63, 3.8) is 0 Å². The molecule has 0 aliphatic carbocycles. The minimum atomic E-state index is -0.430. The lowest BCUT2D eigenvalue weighted by molar-refractivity contribution is -0.125. The molecule has 1 atom stereocenters. The van der Waals surface area contributed by atoms with E-state index in [0.717, 1.165) is 26.9 Å². The summed E-state index contributed by atoms with van der Waals surface area (Å²) in [6.45, 7) is 1.76. The van der Waals surface area contributed by atoms with Crippen molar-refractivity contribution >= 4 is 27.9 Å². The van der Waals surface area contributed by atoms with Crippen LogP contribution in [0.3, 0.4) is 0 Å². The highest BCUT2D eigenvalue weighted by molar-refractivity contribution is 7.19. The van der Waals surface area contributed by atoms with Crippen molar-refractivity contribution < 1.29 is 9.53 Å². The summed E-state index contributed by atoms with van der Waals surface area (Å²) in [4.78, 5) is 14.6. The maximum Gasteiger partial charge on any atom is 0.267 e. The molecule has 2 N–H and O–H groups in total. The summed E-state index contributed by atoms with van der Waals surface area (Å²) in [6.07, 6.45) is -0.430. The summed E-state index contributed by atoms with van der Waals surface area (Å²) in [5.74, 6) is 0.707. The van der Waals surface area contributed by atoms with Crippen molar-refractivity contribution in [1.82, 2.24) is 0 Å². The van der Waals surface area contributed by atoms with E-state index in [4.69, 9.17) is 10.5 Å². The number of thiophene rings is 1. The number of nitrogens with two attached hydrogens (primary N) is 1. The third kappa shape index (κ3) is 1.96. The standard InChI is InChI=1S/C14H14N2O2S/c1-8-14(17)16(2)10-7-9(3-4-11(10)18-8)12-5-6-13(15)19-12/h3-8H,15H2,1-2H3. The first-order chi connectivity index (χ1) is 9.06. The highest BCUT2D eigenvalue weighted by Crippen LogP contribution is 2.38. The Morgan fingerprint density at radius 2 is 2.11 bits per heavy atom. The summed E-state index contributed by atoms with van der Waals surface area (Å²) in [7, 11) is 1.77. The van der Waals surface area contributed by atoms with Crippen LogP contribution in [0.25, 0.3) is 10.4 Å². The number of hydrogen-bond donors (Lipinski definition) is 1. The number of hydrogen-bond acceptors (Lipinski definition) is 4. The summed E-state index contributed by atoms with van der Waals surface area (Å²) >= 11 is 1.53. The molecule has 0 bridgehead atoms. The first-order valence-electron chi connectivity index (χ1n) is 6.00. The van der Waals surface area contributed by atoms with E-state index in [2.05, 4.69) is 0 Å². The van der Waals surface area contributed by atoms with Crippen LogP contribution in [0.15, 0.2) is 30.3 Å². The van der Waals surface area contributed by atoms with Gasteiger partial charge in [-0.3, -0.25) is 4.79 Å². The molecular formula is C14H14N2O2S. The van der Waals surface area contributed by atoms with Crippen molar-refractivity contribution in [2.45, 2.75) is 13.0 Å². The van der Waals surface area contributed by atoms with Crippen LogP contribution in [0.5, 0.6) is 5.75 Å². The number of benzene rings is 1. The minimum absolute atomic E-state index is 0.0321. The van der Waals surface area contributed by atoms with E-state index in [-0.39, 0.29) is 5.91 Å². The lowest BCUT2D eigenvalue weighted by Gasteiger charge is -2.30. The predicted octanol–water partition coefficient (Wildman–Crippen LogP) is 2.74. The molecule has 0 saturated carbocycles. The molecule has 4 nitrogen and oxygen atoms in total. The van der Waals surface area contributed by atoms with E-state index in [9.17, 15) is 4.79 Å². The zero-order valence-electron chi connectivity index (χ0n) is 10.7. The number of nitrogens with zero attached hydrogens (tertiary/aromatic N) is 1. The van der Waals surface area contributed by atoms with E-state index >= 15 is 0 Å². The van der Waals surface area contributed by atoms with E-state index in [0.29, 0.717) is 0 Å². The van der Waals surface area contributed by atoms with Gasteiger partial charge in [0.05, 0.1) is 10.7 Å². The van der Waals surface area contributed by atoms with Crippen LogP contribution in [-0.4, -0.2) is 19.1 Å². The number of anilines is 2. The lowest BCUT2D eigenvalue weighted by Crippen LogP contribution is -2.41. The third-order valence-electron chi connectivity index (χ3n) is 3.21. The molecule has 1 aromatic heterocycles. The molecule has 1 aliphatic rings. The van der Waals surface area contributed by atoms with Gasteiger partial charge in [-0.15, -0.1) is 11.3 Å². The first kappa shape index (κ1) is 12.0. The Kier molecular flexibility index (Phi) is 2.71. The van der Waals surface area contributed by atoms with Gasteiger partial charge >= 0.3 is 0 Å². The summed E-state index contributed by atoms with van der Waals surface area (Å²) in [5.41, 5.74) is 7.59. The van der Waals surface area contributed by atoms with Crippen molar-refractivity contribution in [3.05, 3.63) is 30.3 Å². The van der Waals surface area contributed by atoms with E-state index in [1.54, 1.807) is 18.9 Å². The number of carbonyl (C=O) groups excluding carboxylic acids is 1. The molecule has 5 heteroatoms. The fourth-order valence-corrected chi connectivity index (χ4v) is 2.94. The molecule has 19 heavy (non-hydrogen) atoms. The Labute approximate surface area is 115 Å². The van der Waals surface area contributed by atoms with Crippen LogP contribution in [0.4, 0.5) is 10.7 Å². The molecule has 98 valence electrons. The topological polar surface area (TPSA) is 55.6 Å². The van der Waals surface area contributed by atoms with Gasteiger partial charge in [0.1, 0.15) is 5.75 Å². The first-order valence-corrected chi connectivity index (χ1v) is 6.82. The van der Waals surface area contributed by atoms with E-state index < -0.39 is 6.10 Å². The molecule has 3 rings (SSSR count). The Bertz CT molecular complexity index is 651. The van der Waals surface area contributed by atoms with Gasteiger partial charge in [0.25, 0.3) is 5.91 Å². The van der Waals surface area contributed by atoms with Gasteiger partial charge in [0, 0.05) is 11.9 Å². The molecular weight excluding hydrogens is 260 g/mol. The van der Waals surface area contributed by atoms with Crippen LogP contribution in [0.1, 0.15) is 6.92 Å². The van der Waals surface area contributed by atoms with Crippen LogP contribution in [0.2, 0.25) is 0 Å². The summed E-state index contributed by atoms with van der Waals surface area (Å²) in [6, 6.07) is 9.72. The number of ether oxygens (including phenoxy) is 1. The van der Waals surface area contributed by atoms with Crippen LogP contribution >= 0.6 is 11.3 Å². The van der Waals surface area contributed by atoms with Gasteiger partial charge in [-0.25, -0.2) is 0 Å². The zero-order chi connectivity index (χ0) is 13.6. The van der Waals surface area contributed by atoms with Crippen LogP contribution in [-0.2, 0) is 4.79 Å². The molecule has 0 saturated heterocycles. The van der Waals surface area contributed by atoms with E-state index in [1.165, 1.54) is 11.3 Å². The number of rotatable bonds is 1. The second-order valence-corrected chi connectivity index (χ2v) is 5.66. The van der Waals surface area contributed by atoms with Crippen molar-refractivity contribution in [1.29, 1.82) is 0 Å². The molecule has 1 unspecified atom stereocenters. The number of carbonyl (C=O) groups is 1. The monoisotopic (exact) mass is 274 g/mol. The van der Waals surface area contributed by atoms with E-state index in [1.807, 2.05) is 30.3 Å². The van der Waals surface area contributed by atoms with Crippen molar-refractivity contribution in [3.8, 4) is 16.2 Å². The molecule has 1 aliphatic heterocycles. The Hall–Kier alpha value is -2.01.